The van der Waals surface area contributed by atoms with Crippen molar-refractivity contribution in [3.8, 4) is 5.75 Å². The Hall–Kier alpha value is -2.01. The van der Waals surface area contributed by atoms with Crippen molar-refractivity contribution in [3.05, 3.63) is 30.0 Å². The second-order valence-electron chi connectivity index (χ2n) is 7.99. The summed E-state index contributed by atoms with van der Waals surface area (Å²) in [4.78, 5) is 18.4. The number of hydrogen-bond donors (Lipinski definition) is 1. The molecule has 1 N–H and O–H groups in total. The summed E-state index contributed by atoms with van der Waals surface area (Å²) < 4.78 is 10.8. The first-order valence-corrected chi connectivity index (χ1v) is 10.2. The van der Waals surface area contributed by atoms with Crippen LogP contribution < -0.4 is 4.74 Å². The molecule has 2 fully saturated rings. The van der Waals surface area contributed by atoms with E-state index in [2.05, 4.69) is 35.1 Å². The van der Waals surface area contributed by atoms with Gasteiger partial charge in [-0.25, -0.2) is 0 Å². The van der Waals surface area contributed by atoms with E-state index in [9.17, 15) is 4.79 Å². The zero-order valence-corrected chi connectivity index (χ0v) is 16.4. The van der Waals surface area contributed by atoms with Gasteiger partial charge in [0.05, 0.1) is 7.11 Å². The van der Waals surface area contributed by atoms with E-state index in [0.717, 1.165) is 63.3 Å². The first kappa shape index (κ1) is 18.4. The summed E-state index contributed by atoms with van der Waals surface area (Å²) in [6.45, 7) is 5.42. The number of carbonyl (C=O) groups is 1. The number of aromatic amines is 1. The molecule has 5 heteroatoms. The van der Waals surface area contributed by atoms with Crippen molar-refractivity contribution < 1.29 is 14.3 Å². The maximum absolute atomic E-state index is 12.9. The minimum absolute atomic E-state index is 0.114. The van der Waals surface area contributed by atoms with Crippen LogP contribution in [0.2, 0.25) is 0 Å². The van der Waals surface area contributed by atoms with Crippen molar-refractivity contribution in [1.82, 2.24) is 9.88 Å². The number of nitrogens with zero attached hydrogens (tertiary/aromatic N) is 1. The molecule has 0 saturated carbocycles. The van der Waals surface area contributed by atoms with Crippen LogP contribution >= 0.6 is 0 Å². The van der Waals surface area contributed by atoms with Gasteiger partial charge in [0.15, 0.2) is 0 Å². The average Bonchev–Trinajstić information content (AvgIpc) is 3.16. The van der Waals surface area contributed by atoms with E-state index in [1.54, 1.807) is 7.11 Å². The highest BCUT2D eigenvalue weighted by Gasteiger charge is 2.32. The molecule has 5 nitrogen and oxygen atoms in total. The van der Waals surface area contributed by atoms with E-state index in [1.165, 1.54) is 10.9 Å². The van der Waals surface area contributed by atoms with Gasteiger partial charge in [-0.05, 0) is 61.3 Å². The second kappa shape index (κ2) is 7.93. The number of methoxy groups -OCH3 is 1. The maximum atomic E-state index is 12.9. The third-order valence-electron chi connectivity index (χ3n) is 6.53. The van der Waals surface area contributed by atoms with Gasteiger partial charge >= 0.3 is 0 Å². The van der Waals surface area contributed by atoms with Crippen molar-refractivity contribution in [2.75, 3.05) is 33.4 Å². The molecule has 0 spiro atoms. The van der Waals surface area contributed by atoms with E-state index in [1.807, 2.05) is 6.07 Å². The highest BCUT2D eigenvalue weighted by Crippen LogP contribution is 2.35. The first-order chi connectivity index (χ1) is 13.2. The lowest BCUT2D eigenvalue weighted by molar-refractivity contribution is -0.139. The number of hydrogen-bond acceptors (Lipinski definition) is 3. The normalized spacial score (nSPS) is 20.7. The largest absolute Gasteiger partial charge is 0.497 e. The molecule has 27 heavy (non-hydrogen) atoms. The predicted octanol–water partition coefficient (Wildman–Crippen LogP) is 3.95. The SMILES string of the molecule is COc1ccc2[nH]cc(C3CCN(C(=O)[C@@H](C)C4CCOCC4)CC3)c2c1. The van der Waals surface area contributed by atoms with Gasteiger partial charge in [-0.3, -0.25) is 4.79 Å². The topological polar surface area (TPSA) is 54.6 Å². The van der Waals surface area contributed by atoms with Crippen LogP contribution in [0.25, 0.3) is 10.9 Å². The van der Waals surface area contributed by atoms with Gasteiger partial charge in [-0.15, -0.1) is 0 Å². The Kier molecular flexibility index (Phi) is 5.39. The molecule has 146 valence electrons. The minimum atomic E-state index is 0.114. The van der Waals surface area contributed by atoms with Gasteiger partial charge in [-0.2, -0.15) is 0 Å². The van der Waals surface area contributed by atoms with Crippen LogP contribution in [0.15, 0.2) is 24.4 Å². The fourth-order valence-corrected chi connectivity index (χ4v) is 4.70. The zero-order valence-electron chi connectivity index (χ0n) is 16.4. The van der Waals surface area contributed by atoms with Crippen LogP contribution in [0, 0.1) is 11.8 Å². The summed E-state index contributed by atoms with van der Waals surface area (Å²) >= 11 is 0. The van der Waals surface area contributed by atoms with Crippen molar-refractivity contribution >= 4 is 16.8 Å². The van der Waals surface area contributed by atoms with Gasteiger partial charge in [0.1, 0.15) is 5.75 Å². The molecule has 2 aliphatic rings. The summed E-state index contributed by atoms with van der Waals surface area (Å²) in [6, 6.07) is 6.18. The van der Waals surface area contributed by atoms with E-state index in [4.69, 9.17) is 9.47 Å². The number of rotatable bonds is 4. The van der Waals surface area contributed by atoms with Crippen molar-refractivity contribution in [2.24, 2.45) is 11.8 Å². The molecule has 1 amide bonds. The number of carbonyl (C=O) groups excluding carboxylic acids is 1. The average molecular weight is 370 g/mol. The molecule has 0 aliphatic carbocycles. The van der Waals surface area contributed by atoms with E-state index in [-0.39, 0.29) is 5.92 Å². The van der Waals surface area contributed by atoms with E-state index >= 15 is 0 Å². The van der Waals surface area contributed by atoms with Crippen LogP contribution in [0.5, 0.6) is 5.75 Å². The lowest BCUT2D eigenvalue weighted by Gasteiger charge is -2.36. The number of piperidine rings is 1. The standard InChI is InChI=1S/C22H30N2O3/c1-15(16-7-11-27-12-8-16)22(25)24-9-5-17(6-10-24)20-14-23-21-4-3-18(26-2)13-19(20)21/h3-4,13-17,23H,5-12H2,1-2H3/t15-/m0/s1. The molecule has 1 aromatic heterocycles. The van der Waals surface area contributed by atoms with Crippen LogP contribution in [-0.4, -0.2) is 49.2 Å². The first-order valence-electron chi connectivity index (χ1n) is 10.2. The van der Waals surface area contributed by atoms with E-state index < -0.39 is 0 Å². The van der Waals surface area contributed by atoms with Gasteiger partial charge < -0.3 is 19.4 Å². The molecule has 4 rings (SSSR count). The fraction of sp³-hybridized carbons (Fsp3) is 0.591. The van der Waals surface area contributed by atoms with Crippen molar-refractivity contribution in [3.63, 3.8) is 0 Å². The number of benzene rings is 1. The second-order valence-corrected chi connectivity index (χ2v) is 7.99. The Balaban J connectivity index is 1.41. The van der Waals surface area contributed by atoms with Crippen LogP contribution in [-0.2, 0) is 9.53 Å². The number of aromatic nitrogens is 1. The molecule has 0 unspecified atom stereocenters. The van der Waals surface area contributed by atoms with Crippen molar-refractivity contribution in [1.29, 1.82) is 0 Å². The van der Waals surface area contributed by atoms with Gasteiger partial charge in [0.25, 0.3) is 0 Å². The third kappa shape index (κ3) is 3.70. The molecule has 0 radical (unpaired) electrons. The Morgan fingerprint density at radius 3 is 2.67 bits per heavy atom. The Labute approximate surface area is 161 Å². The van der Waals surface area contributed by atoms with Gasteiger partial charge in [0.2, 0.25) is 5.91 Å². The summed E-state index contributed by atoms with van der Waals surface area (Å²) in [5.74, 6) is 2.31. The molecule has 2 aliphatic heterocycles. The molecular formula is C22H30N2O3. The molecule has 2 aromatic rings. The van der Waals surface area contributed by atoms with Gasteiger partial charge in [-0.1, -0.05) is 6.92 Å². The monoisotopic (exact) mass is 370 g/mol. The zero-order chi connectivity index (χ0) is 18.8. The molecule has 2 saturated heterocycles. The summed E-state index contributed by atoms with van der Waals surface area (Å²) in [6.07, 6.45) is 6.21. The molecule has 3 heterocycles. The third-order valence-corrected chi connectivity index (χ3v) is 6.53. The molecule has 0 bridgehead atoms. The lowest BCUT2D eigenvalue weighted by Crippen LogP contribution is -2.43. The summed E-state index contributed by atoms with van der Waals surface area (Å²) in [5.41, 5.74) is 2.51. The van der Waals surface area contributed by atoms with Crippen LogP contribution in [0.3, 0.4) is 0 Å². The van der Waals surface area contributed by atoms with Gasteiger partial charge in [0, 0.05) is 49.3 Å². The molecular weight excluding hydrogens is 340 g/mol. The number of fused-ring (bicyclic) bond motifs is 1. The number of amides is 1. The number of likely N-dealkylation sites (tertiary alicyclic amines) is 1. The van der Waals surface area contributed by atoms with E-state index in [0.29, 0.717) is 17.7 Å². The maximum Gasteiger partial charge on any atom is 0.225 e. The highest BCUT2D eigenvalue weighted by atomic mass is 16.5. The smallest absolute Gasteiger partial charge is 0.225 e. The quantitative estimate of drug-likeness (QED) is 0.887. The highest BCUT2D eigenvalue weighted by molar-refractivity contribution is 5.85. The number of H-pyrrole nitrogens is 1. The molecule has 1 aromatic carbocycles. The Morgan fingerprint density at radius 2 is 1.96 bits per heavy atom. The number of ether oxygens (including phenoxy) is 2. The predicted molar refractivity (Wildman–Crippen MR) is 106 cm³/mol. The minimum Gasteiger partial charge on any atom is -0.497 e. The Morgan fingerprint density at radius 1 is 1.22 bits per heavy atom. The van der Waals surface area contributed by atoms with Crippen LogP contribution in [0.1, 0.15) is 44.1 Å². The lowest BCUT2D eigenvalue weighted by atomic mass is 9.84. The number of nitrogens with one attached hydrogen (secondary N) is 1. The Bertz CT molecular complexity index is 786. The fourth-order valence-electron chi connectivity index (χ4n) is 4.70. The molecule has 1 atom stereocenters. The summed E-state index contributed by atoms with van der Waals surface area (Å²) in [7, 11) is 1.71. The summed E-state index contributed by atoms with van der Waals surface area (Å²) in [5, 5.41) is 1.25. The van der Waals surface area contributed by atoms with Crippen molar-refractivity contribution in [2.45, 2.75) is 38.5 Å². The van der Waals surface area contributed by atoms with Crippen LogP contribution in [0.4, 0.5) is 0 Å².